The summed E-state index contributed by atoms with van der Waals surface area (Å²) in [5, 5.41) is 2.80. The summed E-state index contributed by atoms with van der Waals surface area (Å²) in [6.45, 7) is 5.46. The number of carbonyl (C=O) groups is 2. The number of amides is 3. The zero-order chi connectivity index (χ0) is 14.3. The van der Waals surface area contributed by atoms with Crippen LogP contribution in [0.4, 0.5) is 10.5 Å². The van der Waals surface area contributed by atoms with Crippen LogP contribution in [-0.4, -0.2) is 29.9 Å². The first kappa shape index (κ1) is 15.0. The van der Waals surface area contributed by atoms with Crippen LogP contribution in [0.15, 0.2) is 24.3 Å². The number of primary amides is 1. The van der Waals surface area contributed by atoms with Gasteiger partial charge in [0.1, 0.15) is 0 Å². The van der Waals surface area contributed by atoms with E-state index >= 15 is 0 Å². The Balaban J connectivity index is 2.62. The average Bonchev–Trinajstić information content (AvgIpc) is 2.40. The molecule has 3 amide bonds. The van der Waals surface area contributed by atoms with Crippen molar-refractivity contribution in [3.05, 3.63) is 29.8 Å². The van der Waals surface area contributed by atoms with Crippen LogP contribution in [0, 0.1) is 0 Å². The zero-order valence-corrected chi connectivity index (χ0v) is 11.5. The van der Waals surface area contributed by atoms with Gasteiger partial charge in [-0.05, 0) is 37.6 Å². The first-order chi connectivity index (χ1) is 9.08. The van der Waals surface area contributed by atoms with Crippen molar-refractivity contribution < 1.29 is 9.59 Å². The quantitative estimate of drug-likeness (QED) is 0.827. The Morgan fingerprint density at radius 1 is 1.21 bits per heavy atom. The molecule has 0 aliphatic heterocycles. The Hall–Kier alpha value is -2.04. The first-order valence-electron chi connectivity index (χ1n) is 6.54. The fraction of sp³-hybridized carbons (Fsp3) is 0.429. The van der Waals surface area contributed by atoms with Gasteiger partial charge in [0.05, 0.1) is 0 Å². The molecule has 0 fully saturated rings. The molecule has 0 radical (unpaired) electrons. The highest BCUT2D eigenvalue weighted by molar-refractivity contribution is 5.94. The van der Waals surface area contributed by atoms with Gasteiger partial charge in [0.15, 0.2) is 0 Å². The van der Waals surface area contributed by atoms with Gasteiger partial charge in [0.2, 0.25) is 5.91 Å². The summed E-state index contributed by atoms with van der Waals surface area (Å²) < 4.78 is 0. The highest BCUT2D eigenvalue weighted by Crippen LogP contribution is 2.10. The minimum absolute atomic E-state index is 0.122. The molecule has 0 bridgehead atoms. The number of nitrogens with zero attached hydrogens (tertiary/aromatic N) is 1. The van der Waals surface area contributed by atoms with Crippen LogP contribution in [0.25, 0.3) is 0 Å². The third-order valence-corrected chi connectivity index (χ3v) is 2.87. The Bertz CT molecular complexity index is 429. The summed E-state index contributed by atoms with van der Waals surface area (Å²) in [5.41, 5.74) is 6.24. The second-order valence-electron chi connectivity index (χ2n) is 4.30. The maximum atomic E-state index is 12.0. The van der Waals surface area contributed by atoms with E-state index in [1.807, 2.05) is 6.92 Å². The van der Waals surface area contributed by atoms with Gasteiger partial charge in [-0.15, -0.1) is 0 Å². The normalized spacial score (nSPS) is 10.0. The largest absolute Gasteiger partial charge is 0.366 e. The van der Waals surface area contributed by atoms with Crippen LogP contribution in [0.1, 0.15) is 37.0 Å². The Labute approximate surface area is 113 Å². The van der Waals surface area contributed by atoms with Crippen LogP contribution >= 0.6 is 0 Å². The number of rotatable bonds is 6. The van der Waals surface area contributed by atoms with E-state index in [9.17, 15) is 9.59 Å². The molecule has 0 saturated carbocycles. The fourth-order valence-corrected chi connectivity index (χ4v) is 1.67. The molecule has 0 aliphatic rings. The van der Waals surface area contributed by atoms with Gasteiger partial charge in [-0.1, -0.05) is 13.3 Å². The van der Waals surface area contributed by atoms with Crippen molar-refractivity contribution in [2.45, 2.75) is 26.7 Å². The van der Waals surface area contributed by atoms with Crippen molar-refractivity contribution in [3.63, 3.8) is 0 Å². The minimum Gasteiger partial charge on any atom is -0.366 e. The monoisotopic (exact) mass is 263 g/mol. The summed E-state index contributed by atoms with van der Waals surface area (Å²) in [6.07, 6.45) is 2.04. The van der Waals surface area contributed by atoms with Gasteiger partial charge in [-0.25, -0.2) is 4.79 Å². The maximum absolute atomic E-state index is 12.0. The smallest absolute Gasteiger partial charge is 0.321 e. The van der Waals surface area contributed by atoms with Crippen LogP contribution in [0.2, 0.25) is 0 Å². The number of benzene rings is 1. The van der Waals surface area contributed by atoms with E-state index in [2.05, 4.69) is 12.2 Å². The van der Waals surface area contributed by atoms with Gasteiger partial charge in [0, 0.05) is 24.3 Å². The van der Waals surface area contributed by atoms with Gasteiger partial charge in [-0.3, -0.25) is 4.79 Å². The number of hydrogen-bond acceptors (Lipinski definition) is 2. The van der Waals surface area contributed by atoms with Crippen molar-refractivity contribution >= 4 is 17.6 Å². The molecule has 0 atom stereocenters. The Morgan fingerprint density at radius 3 is 2.32 bits per heavy atom. The van der Waals surface area contributed by atoms with Crippen molar-refractivity contribution in [1.29, 1.82) is 0 Å². The molecule has 0 spiro atoms. The van der Waals surface area contributed by atoms with Crippen LogP contribution in [-0.2, 0) is 0 Å². The predicted octanol–water partition coefficient (Wildman–Crippen LogP) is 2.44. The summed E-state index contributed by atoms with van der Waals surface area (Å²) >= 11 is 0. The molecule has 5 nitrogen and oxygen atoms in total. The Kier molecular flexibility index (Phi) is 5.85. The standard InChI is InChI=1S/C14H21N3O2/c1-3-5-10-17(4-2)14(19)16-12-8-6-11(7-9-12)13(15)18/h6-9H,3-5,10H2,1-2H3,(H2,15,18)(H,16,19). The van der Waals surface area contributed by atoms with Gasteiger partial charge < -0.3 is 16.0 Å². The second-order valence-corrected chi connectivity index (χ2v) is 4.30. The molecular weight excluding hydrogens is 242 g/mol. The van der Waals surface area contributed by atoms with E-state index in [0.29, 0.717) is 17.8 Å². The molecule has 0 heterocycles. The summed E-state index contributed by atoms with van der Waals surface area (Å²) in [4.78, 5) is 24.7. The van der Waals surface area contributed by atoms with Crippen LogP contribution in [0.5, 0.6) is 0 Å². The van der Waals surface area contributed by atoms with Crippen LogP contribution in [0.3, 0.4) is 0 Å². The maximum Gasteiger partial charge on any atom is 0.321 e. The number of anilines is 1. The number of urea groups is 1. The number of carbonyl (C=O) groups excluding carboxylic acids is 2. The lowest BCUT2D eigenvalue weighted by Gasteiger charge is -2.21. The first-order valence-corrected chi connectivity index (χ1v) is 6.54. The van der Waals surface area contributed by atoms with Gasteiger partial charge >= 0.3 is 6.03 Å². The highest BCUT2D eigenvalue weighted by atomic mass is 16.2. The average molecular weight is 263 g/mol. The second kappa shape index (κ2) is 7.41. The third-order valence-electron chi connectivity index (χ3n) is 2.87. The lowest BCUT2D eigenvalue weighted by Crippen LogP contribution is -2.35. The lowest BCUT2D eigenvalue weighted by molar-refractivity contribution is 0.100. The molecule has 19 heavy (non-hydrogen) atoms. The lowest BCUT2D eigenvalue weighted by atomic mass is 10.2. The van der Waals surface area contributed by atoms with Gasteiger partial charge in [-0.2, -0.15) is 0 Å². The number of unbranched alkanes of at least 4 members (excludes halogenated alkanes) is 1. The molecule has 0 saturated heterocycles. The Morgan fingerprint density at radius 2 is 1.84 bits per heavy atom. The van der Waals surface area contributed by atoms with E-state index in [1.165, 1.54) is 0 Å². The van der Waals surface area contributed by atoms with E-state index in [-0.39, 0.29) is 6.03 Å². The summed E-state index contributed by atoms with van der Waals surface area (Å²) in [6, 6.07) is 6.42. The van der Waals surface area contributed by atoms with Crippen molar-refractivity contribution in [1.82, 2.24) is 4.90 Å². The SMILES string of the molecule is CCCCN(CC)C(=O)Nc1ccc(C(N)=O)cc1. The summed E-state index contributed by atoms with van der Waals surface area (Å²) in [7, 11) is 0. The molecule has 104 valence electrons. The zero-order valence-electron chi connectivity index (χ0n) is 11.5. The van der Waals surface area contributed by atoms with E-state index < -0.39 is 5.91 Å². The fourth-order valence-electron chi connectivity index (χ4n) is 1.67. The van der Waals surface area contributed by atoms with E-state index in [4.69, 9.17) is 5.73 Å². The molecule has 3 N–H and O–H groups in total. The number of nitrogens with two attached hydrogens (primary N) is 1. The van der Waals surface area contributed by atoms with Gasteiger partial charge in [0.25, 0.3) is 0 Å². The van der Waals surface area contributed by atoms with E-state index in [1.54, 1.807) is 29.2 Å². The van der Waals surface area contributed by atoms with E-state index in [0.717, 1.165) is 19.4 Å². The minimum atomic E-state index is -0.476. The molecular formula is C14H21N3O2. The van der Waals surface area contributed by atoms with Crippen molar-refractivity contribution in [3.8, 4) is 0 Å². The van der Waals surface area contributed by atoms with Crippen molar-refractivity contribution in [2.24, 2.45) is 5.73 Å². The highest BCUT2D eigenvalue weighted by Gasteiger charge is 2.11. The summed E-state index contributed by atoms with van der Waals surface area (Å²) in [5.74, 6) is -0.476. The molecule has 5 heteroatoms. The number of hydrogen-bond donors (Lipinski definition) is 2. The molecule has 0 aromatic heterocycles. The number of nitrogens with one attached hydrogen (secondary N) is 1. The molecule has 0 unspecified atom stereocenters. The predicted molar refractivity (Wildman–Crippen MR) is 76.1 cm³/mol. The molecule has 1 rings (SSSR count). The van der Waals surface area contributed by atoms with Crippen molar-refractivity contribution in [2.75, 3.05) is 18.4 Å². The molecule has 0 aliphatic carbocycles. The topological polar surface area (TPSA) is 75.4 Å². The van der Waals surface area contributed by atoms with Crippen LogP contribution < -0.4 is 11.1 Å². The molecule has 1 aromatic carbocycles. The molecule has 1 aromatic rings. The third kappa shape index (κ3) is 4.62.